The Morgan fingerprint density at radius 1 is 1.00 bits per heavy atom. The van der Waals surface area contributed by atoms with E-state index in [2.05, 4.69) is 10.3 Å². The van der Waals surface area contributed by atoms with E-state index in [1.165, 1.54) is 0 Å². The lowest BCUT2D eigenvalue weighted by Crippen LogP contribution is -2.29. The number of aromatic nitrogens is 1. The highest BCUT2D eigenvalue weighted by Gasteiger charge is 2.18. The van der Waals surface area contributed by atoms with Crippen molar-refractivity contribution in [2.45, 2.75) is 13.0 Å². The standard InChI is InChI=1S/C22H18N2O2/c1-15-12-19-13-17(9-10-20(19)26-15)22(25)24-21(16-6-3-2-4-7-16)18-8-5-11-23-14-18/h2-14,21H,1H3,(H,24,25). The fourth-order valence-electron chi connectivity index (χ4n) is 3.08. The number of fused-ring (bicyclic) bond motifs is 1. The molecule has 0 bridgehead atoms. The molecular formula is C22H18N2O2. The highest BCUT2D eigenvalue weighted by molar-refractivity contribution is 5.98. The molecule has 4 nitrogen and oxygen atoms in total. The molecule has 0 fully saturated rings. The largest absolute Gasteiger partial charge is 0.461 e. The lowest BCUT2D eigenvalue weighted by molar-refractivity contribution is 0.0943. The summed E-state index contributed by atoms with van der Waals surface area (Å²) < 4.78 is 5.58. The number of hydrogen-bond acceptors (Lipinski definition) is 3. The van der Waals surface area contributed by atoms with Crippen LogP contribution in [-0.4, -0.2) is 10.9 Å². The van der Waals surface area contributed by atoms with Gasteiger partial charge in [-0.25, -0.2) is 0 Å². The normalized spacial score (nSPS) is 12.0. The Labute approximate surface area is 151 Å². The van der Waals surface area contributed by atoms with Crippen molar-refractivity contribution < 1.29 is 9.21 Å². The second-order valence-corrected chi connectivity index (χ2v) is 6.21. The van der Waals surface area contributed by atoms with Crippen molar-refractivity contribution in [2.75, 3.05) is 0 Å². The molecule has 26 heavy (non-hydrogen) atoms. The molecule has 4 rings (SSSR count). The smallest absolute Gasteiger partial charge is 0.252 e. The van der Waals surface area contributed by atoms with Crippen LogP contribution in [0, 0.1) is 6.92 Å². The van der Waals surface area contributed by atoms with E-state index in [9.17, 15) is 4.79 Å². The summed E-state index contributed by atoms with van der Waals surface area (Å²) in [4.78, 5) is 17.1. The van der Waals surface area contributed by atoms with Crippen LogP contribution >= 0.6 is 0 Å². The Kier molecular flexibility index (Phi) is 4.23. The van der Waals surface area contributed by atoms with E-state index >= 15 is 0 Å². The van der Waals surface area contributed by atoms with Gasteiger partial charge in [0.15, 0.2) is 0 Å². The Balaban J connectivity index is 1.67. The minimum absolute atomic E-state index is 0.136. The highest BCUT2D eigenvalue weighted by Crippen LogP contribution is 2.23. The number of carbonyl (C=O) groups excluding carboxylic acids is 1. The average molecular weight is 342 g/mol. The number of pyridine rings is 1. The maximum Gasteiger partial charge on any atom is 0.252 e. The maximum atomic E-state index is 12.9. The van der Waals surface area contributed by atoms with Crippen molar-refractivity contribution in [2.24, 2.45) is 0 Å². The van der Waals surface area contributed by atoms with Gasteiger partial charge in [-0.1, -0.05) is 36.4 Å². The van der Waals surface area contributed by atoms with Crippen molar-refractivity contribution in [3.8, 4) is 0 Å². The summed E-state index contributed by atoms with van der Waals surface area (Å²) in [5.41, 5.74) is 3.33. The maximum absolute atomic E-state index is 12.9. The van der Waals surface area contributed by atoms with E-state index in [1.54, 1.807) is 18.5 Å². The summed E-state index contributed by atoms with van der Waals surface area (Å²) in [6.07, 6.45) is 3.50. The van der Waals surface area contributed by atoms with Crippen LogP contribution in [0.3, 0.4) is 0 Å². The molecule has 1 unspecified atom stereocenters. The molecule has 0 radical (unpaired) electrons. The van der Waals surface area contributed by atoms with E-state index in [-0.39, 0.29) is 11.9 Å². The summed E-state index contributed by atoms with van der Waals surface area (Å²) in [7, 11) is 0. The Morgan fingerprint density at radius 2 is 1.81 bits per heavy atom. The van der Waals surface area contributed by atoms with Gasteiger partial charge in [-0.2, -0.15) is 0 Å². The van der Waals surface area contributed by atoms with Crippen LogP contribution in [0.1, 0.15) is 33.3 Å². The van der Waals surface area contributed by atoms with Crippen LogP contribution in [0.25, 0.3) is 11.0 Å². The summed E-state index contributed by atoms with van der Waals surface area (Å²) in [5, 5.41) is 4.05. The number of nitrogens with one attached hydrogen (secondary N) is 1. The van der Waals surface area contributed by atoms with Crippen LogP contribution in [0.15, 0.2) is 83.5 Å². The number of aryl methyl sites for hydroxylation is 1. The molecule has 0 saturated heterocycles. The Hall–Kier alpha value is -3.40. The number of amides is 1. The van der Waals surface area contributed by atoms with Gasteiger partial charge < -0.3 is 9.73 Å². The summed E-state index contributed by atoms with van der Waals surface area (Å²) in [5.74, 6) is 0.693. The van der Waals surface area contributed by atoms with E-state index in [1.807, 2.05) is 67.6 Å². The fraction of sp³-hybridized carbons (Fsp3) is 0.0909. The number of benzene rings is 2. The van der Waals surface area contributed by atoms with E-state index < -0.39 is 0 Å². The lowest BCUT2D eigenvalue weighted by Gasteiger charge is -2.19. The van der Waals surface area contributed by atoms with Gasteiger partial charge in [0.2, 0.25) is 0 Å². The van der Waals surface area contributed by atoms with Gasteiger partial charge in [-0.3, -0.25) is 9.78 Å². The quantitative estimate of drug-likeness (QED) is 0.587. The monoisotopic (exact) mass is 342 g/mol. The molecule has 0 aliphatic rings. The van der Waals surface area contributed by atoms with Crippen molar-refractivity contribution in [3.63, 3.8) is 0 Å². The predicted molar refractivity (Wildman–Crippen MR) is 101 cm³/mol. The molecule has 0 aliphatic carbocycles. The second-order valence-electron chi connectivity index (χ2n) is 6.21. The zero-order chi connectivity index (χ0) is 17.9. The molecule has 0 saturated carbocycles. The van der Waals surface area contributed by atoms with Gasteiger partial charge in [0.25, 0.3) is 5.91 Å². The van der Waals surface area contributed by atoms with Gasteiger partial charge in [-0.15, -0.1) is 0 Å². The fourth-order valence-corrected chi connectivity index (χ4v) is 3.08. The molecular weight excluding hydrogens is 324 g/mol. The zero-order valence-electron chi connectivity index (χ0n) is 14.3. The van der Waals surface area contributed by atoms with Crippen LogP contribution in [-0.2, 0) is 0 Å². The number of nitrogens with zero attached hydrogens (tertiary/aromatic N) is 1. The molecule has 1 amide bonds. The minimum atomic E-state index is -0.265. The molecule has 1 N–H and O–H groups in total. The third-order valence-electron chi connectivity index (χ3n) is 4.33. The van der Waals surface area contributed by atoms with Gasteiger partial charge in [0, 0.05) is 23.3 Å². The van der Waals surface area contributed by atoms with Crippen LogP contribution in [0.2, 0.25) is 0 Å². The molecule has 4 heteroatoms. The summed E-state index contributed by atoms with van der Waals surface area (Å²) in [6.45, 7) is 1.90. The zero-order valence-corrected chi connectivity index (χ0v) is 14.3. The Morgan fingerprint density at radius 3 is 2.58 bits per heavy atom. The van der Waals surface area contributed by atoms with Gasteiger partial charge in [0.05, 0.1) is 6.04 Å². The Bertz CT molecular complexity index is 1000. The van der Waals surface area contributed by atoms with Gasteiger partial charge >= 0.3 is 0 Å². The van der Waals surface area contributed by atoms with Gasteiger partial charge in [-0.05, 0) is 48.4 Å². The molecule has 2 heterocycles. The molecule has 0 spiro atoms. The first-order chi connectivity index (χ1) is 12.7. The third kappa shape index (κ3) is 3.22. The summed E-state index contributed by atoms with van der Waals surface area (Å²) in [6, 6.07) is 20.9. The first-order valence-electron chi connectivity index (χ1n) is 8.46. The van der Waals surface area contributed by atoms with Crippen LogP contribution in [0.5, 0.6) is 0 Å². The molecule has 2 aromatic carbocycles. The average Bonchev–Trinajstić information content (AvgIpc) is 3.06. The lowest BCUT2D eigenvalue weighted by atomic mass is 9.99. The van der Waals surface area contributed by atoms with Gasteiger partial charge in [0.1, 0.15) is 11.3 Å². The number of hydrogen-bond donors (Lipinski definition) is 1. The SMILES string of the molecule is Cc1cc2cc(C(=O)NC(c3ccccc3)c3cccnc3)ccc2o1. The van der Waals surface area contributed by atoms with E-state index in [0.29, 0.717) is 5.56 Å². The molecule has 2 aromatic heterocycles. The van der Waals surface area contributed by atoms with E-state index in [0.717, 1.165) is 27.9 Å². The van der Waals surface area contributed by atoms with Crippen LogP contribution < -0.4 is 5.32 Å². The minimum Gasteiger partial charge on any atom is -0.461 e. The summed E-state index contributed by atoms with van der Waals surface area (Å²) >= 11 is 0. The molecule has 1 atom stereocenters. The van der Waals surface area contributed by atoms with Crippen molar-refractivity contribution in [1.82, 2.24) is 10.3 Å². The van der Waals surface area contributed by atoms with Crippen molar-refractivity contribution >= 4 is 16.9 Å². The third-order valence-corrected chi connectivity index (χ3v) is 4.33. The van der Waals surface area contributed by atoms with Crippen LogP contribution in [0.4, 0.5) is 0 Å². The van der Waals surface area contributed by atoms with E-state index in [4.69, 9.17) is 4.42 Å². The first kappa shape index (κ1) is 16.1. The first-order valence-corrected chi connectivity index (χ1v) is 8.46. The number of carbonyl (C=O) groups is 1. The topological polar surface area (TPSA) is 55.1 Å². The predicted octanol–water partition coefficient (Wildman–Crippen LogP) is 4.66. The second kappa shape index (κ2) is 6.84. The highest BCUT2D eigenvalue weighted by atomic mass is 16.3. The van der Waals surface area contributed by atoms with Crippen molar-refractivity contribution in [3.05, 3.63) is 102 Å². The molecule has 128 valence electrons. The molecule has 4 aromatic rings. The number of furan rings is 1. The molecule has 0 aliphatic heterocycles. The number of rotatable bonds is 4. The van der Waals surface area contributed by atoms with Crippen molar-refractivity contribution in [1.29, 1.82) is 0 Å².